The molecule has 0 aliphatic carbocycles. The average Bonchev–Trinajstić information content (AvgIpc) is 2.15. The van der Waals surface area contributed by atoms with Gasteiger partial charge < -0.3 is 15.2 Å². The van der Waals surface area contributed by atoms with Crippen LogP contribution in [0.2, 0.25) is 0 Å². The van der Waals surface area contributed by atoms with Crippen molar-refractivity contribution in [2.24, 2.45) is 0 Å². The van der Waals surface area contributed by atoms with Crippen LogP contribution in [0.1, 0.15) is 13.3 Å². The van der Waals surface area contributed by atoms with Crippen LogP contribution in [0.4, 0.5) is 5.69 Å². The van der Waals surface area contributed by atoms with Gasteiger partial charge in [-0.2, -0.15) is 0 Å². The number of carboxylic acids is 1. The lowest BCUT2D eigenvalue weighted by Crippen LogP contribution is -2.40. The van der Waals surface area contributed by atoms with Crippen LogP contribution in [0.5, 0.6) is 0 Å². The van der Waals surface area contributed by atoms with Gasteiger partial charge in [-0.25, -0.2) is 0 Å². The molecule has 0 radical (unpaired) electrons. The maximum absolute atomic E-state index is 10.6. The van der Waals surface area contributed by atoms with Gasteiger partial charge in [-0.3, -0.25) is 0 Å². The molecule has 3 nitrogen and oxygen atoms in total. The molecule has 0 aromatic heterocycles. The summed E-state index contributed by atoms with van der Waals surface area (Å²) in [5, 5.41) is 13.4. The Morgan fingerprint density at radius 1 is 1.46 bits per heavy atom. The molecule has 1 aromatic carbocycles. The van der Waals surface area contributed by atoms with E-state index in [1.165, 1.54) is 0 Å². The van der Waals surface area contributed by atoms with Gasteiger partial charge in [-0.1, -0.05) is 25.1 Å². The van der Waals surface area contributed by atoms with Gasteiger partial charge in [0.25, 0.3) is 0 Å². The van der Waals surface area contributed by atoms with E-state index in [4.69, 9.17) is 0 Å². The summed E-state index contributed by atoms with van der Waals surface area (Å²) in [4.78, 5) is 10.6. The first-order valence-corrected chi connectivity index (χ1v) is 4.26. The van der Waals surface area contributed by atoms with Crippen molar-refractivity contribution in [2.45, 2.75) is 19.4 Å². The van der Waals surface area contributed by atoms with Gasteiger partial charge in [0.1, 0.15) is 0 Å². The molecular formula is C10H12NO2-. The molecule has 0 fully saturated rings. The fourth-order valence-electron chi connectivity index (χ4n) is 1.06. The fraction of sp³-hybridized carbons (Fsp3) is 0.300. The maximum atomic E-state index is 10.6. The highest BCUT2D eigenvalue weighted by Gasteiger charge is 2.05. The monoisotopic (exact) mass is 178 g/mol. The Labute approximate surface area is 77.4 Å². The number of carbonyl (C=O) groups is 1. The van der Waals surface area contributed by atoms with Crippen LogP contribution >= 0.6 is 0 Å². The average molecular weight is 178 g/mol. The van der Waals surface area contributed by atoms with Crippen molar-refractivity contribution in [1.82, 2.24) is 0 Å². The number of nitrogens with one attached hydrogen (secondary N) is 1. The van der Waals surface area contributed by atoms with Crippen molar-refractivity contribution >= 4 is 11.7 Å². The number of anilines is 1. The minimum atomic E-state index is -1.06. The summed E-state index contributed by atoms with van der Waals surface area (Å²) in [5.74, 6) is -1.06. The van der Waals surface area contributed by atoms with E-state index in [1.54, 1.807) is 6.92 Å². The highest BCUT2D eigenvalue weighted by molar-refractivity contribution is 5.75. The van der Waals surface area contributed by atoms with Crippen molar-refractivity contribution in [3.8, 4) is 0 Å². The van der Waals surface area contributed by atoms with Crippen molar-refractivity contribution in [3.05, 3.63) is 30.3 Å². The maximum Gasteiger partial charge on any atom is 0.0656 e. The molecular weight excluding hydrogens is 166 g/mol. The topological polar surface area (TPSA) is 52.2 Å². The molecule has 70 valence electrons. The van der Waals surface area contributed by atoms with Crippen LogP contribution in [-0.2, 0) is 4.79 Å². The Morgan fingerprint density at radius 2 is 2.08 bits per heavy atom. The lowest BCUT2D eigenvalue weighted by molar-refractivity contribution is -0.306. The first-order valence-electron chi connectivity index (χ1n) is 4.26. The summed E-state index contributed by atoms with van der Waals surface area (Å²) < 4.78 is 0. The third-order valence-electron chi connectivity index (χ3n) is 1.81. The third kappa shape index (κ3) is 2.78. The Bertz CT molecular complexity index is 272. The molecule has 0 aliphatic rings. The van der Waals surface area contributed by atoms with Gasteiger partial charge in [0.05, 0.1) is 12.0 Å². The molecule has 0 bridgehead atoms. The van der Waals surface area contributed by atoms with Crippen LogP contribution in [0, 0.1) is 0 Å². The zero-order chi connectivity index (χ0) is 9.68. The molecule has 0 unspecified atom stereocenters. The normalized spacial score (nSPS) is 12.1. The predicted molar refractivity (Wildman–Crippen MR) is 49.2 cm³/mol. The zero-order valence-corrected chi connectivity index (χ0v) is 7.49. The second-order valence-corrected chi connectivity index (χ2v) is 2.79. The number of carbonyl (C=O) groups excluding carboxylic acids is 1. The van der Waals surface area contributed by atoms with E-state index < -0.39 is 12.0 Å². The molecule has 0 spiro atoms. The second-order valence-electron chi connectivity index (χ2n) is 2.79. The van der Waals surface area contributed by atoms with E-state index >= 15 is 0 Å². The number of hydrogen-bond acceptors (Lipinski definition) is 3. The molecule has 0 saturated carbocycles. The minimum Gasteiger partial charge on any atom is -0.548 e. The van der Waals surface area contributed by atoms with Crippen LogP contribution in [0.25, 0.3) is 0 Å². The highest BCUT2D eigenvalue weighted by atomic mass is 16.4. The lowest BCUT2D eigenvalue weighted by Gasteiger charge is -2.18. The number of aliphatic carboxylic acids is 1. The first-order chi connectivity index (χ1) is 6.24. The molecule has 0 saturated heterocycles. The molecule has 0 amide bonds. The van der Waals surface area contributed by atoms with Crippen molar-refractivity contribution in [1.29, 1.82) is 0 Å². The summed E-state index contributed by atoms with van der Waals surface area (Å²) >= 11 is 0. The van der Waals surface area contributed by atoms with E-state index in [-0.39, 0.29) is 0 Å². The van der Waals surface area contributed by atoms with Crippen LogP contribution in [0.15, 0.2) is 30.3 Å². The van der Waals surface area contributed by atoms with Crippen molar-refractivity contribution < 1.29 is 9.90 Å². The lowest BCUT2D eigenvalue weighted by atomic mass is 10.2. The summed E-state index contributed by atoms with van der Waals surface area (Å²) in [5.41, 5.74) is 0.804. The van der Waals surface area contributed by atoms with Gasteiger partial charge in [0, 0.05) is 5.69 Å². The molecule has 13 heavy (non-hydrogen) atoms. The first kappa shape index (κ1) is 9.58. The number of benzene rings is 1. The molecule has 1 N–H and O–H groups in total. The van der Waals surface area contributed by atoms with E-state index in [1.807, 2.05) is 30.3 Å². The van der Waals surface area contributed by atoms with Gasteiger partial charge in [0.2, 0.25) is 0 Å². The summed E-state index contributed by atoms with van der Waals surface area (Å²) in [6, 6.07) is 8.62. The van der Waals surface area contributed by atoms with E-state index in [2.05, 4.69) is 5.32 Å². The van der Waals surface area contributed by atoms with Gasteiger partial charge in [0.15, 0.2) is 0 Å². The minimum absolute atomic E-state index is 0.511. The molecule has 3 heteroatoms. The van der Waals surface area contributed by atoms with Gasteiger partial charge in [-0.05, 0) is 18.6 Å². The van der Waals surface area contributed by atoms with Gasteiger partial charge >= 0.3 is 0 Å². The third-order valence-corrected chi connectivity index (χ3v) is 1.81. The van der Waals surface area contributed by atoms with Crippen LogP contribution < -0.4 is 10.4 Å². The molecule has 0 aliphatic heterocycles. The highest BCUT2D eigenvalue weighted by Crippen LogP contribution is 2.07. The molecule has 0 heterocycles. The Balaban J connectivity index is 2.62. The predicted octanol–water partition coefficient (Wildman–Crippen LogP) is 0.627. The van der Waals surface area contributed by atoms with E-state index in [0.717, 1.165) is 5.69 Å². The standard InChI is InChI=1S/C10H13NO2/c1-2-9(10(12)13)11-8-6-4-3-5-7-8/h3-7,9,11H,2H2,1H3,(H,12,13)/p-1/t9-/m1/s1. The summed E-state index contributed by atoms with van der Waals surface area (Å²) in [6.45, 7) is 1.80. The van der Waals surface area contributed by atoms with E-state index in [0.29, 0.717) is 6.42 Å². The second kappa shape index (κ2) is 4.50. The van der Waals surface area contributed by atoms with Crippen LogP contribution in [-0.4, -0.2) is 12.0 Å². The molecule has 1 aromatic rings. The smallest absolute Gasteiger partial charge is 0.0656 e. The molecule has 1 rings (SSSR count). The quantitative estimate of drug-likeness (QED) is 0.735. The number of rotatable bonds is 4. The fourth-order valence-corrected chi connectivity index (χ4v) is 1.06. The zero-order valence-electron chi connectivity index (χ0n) is 7.49. The summed E-state index contributed by atoms with van der Waals surface area (Å²) in [7, 11) is 0. The molecule has 1 atom stereocenters. The van der Waals surface area contributed by atoms with E-state index in [9.17, 15) is 9.90 Å². The van der Waals surface area contributed by atoms with Crippen molar-refractivity contribution in [3.63, 3.8) is 0 Å². The Kier molecular flexibility index (Phi) is 3.31. The largest absolute Gasteiger partial charge is 0.548 e. The Morgan fingerprint density at radius 3 is 2.54 bits per heavy atom. The summed E-state index contributed by atoms with van der Waals surface area (Å²) in [6.07, 6.45) is 0.511. The number of carboxylic acid groups (broad SMARTS) is 1. The van der Waals surface area contributed by atoms with Crippen molar-refractivity contribution in [2.75, 3.05) is 5.32 Å². The SMILES string of the molecule is CC[C@@H](Nc1ccccc1)C(=O)[O-]. The van der Waals surface area contributed by atoms with Crippen LogP contribution in [0.3, 0.4) is 0 Å². The number of para-hydroxylation sites is 1. The Hall–Kier alpha value is -1.51. The van der Waals surface area contributed by atoms with Gasteiger partial charge in [-0.15, -0.1) is 0 Å². The number of hydrogen-bond donors (Lipinski definition) is 1.